The van der Waals surface area contributed by atoms with Gasteiger partial charge in [-0.05, 0) is 38.0 Å². The van der Waals surface area contributed by atoms with Crippen molar-refractivity contribution in [1.82, 2.24) is 30.2 Å². The van der Waals surface area contributed by atoms with Gasteiger partial charge in [-0.3, -0.25) is 9.59 Å². The molecule has 43 heavy (non-hydrogen) atoms. The van der Waals surface area contributed by atoms with E-state index in [0.717, 1.165) is 0 Å². The van der Waals surface area contributed by atoms with E-state index in [1.807, 2.05) is 0 Å². The Labute approximate surface area is 242 Å². The van der Waals surface area contributed by atoms with Gasteiger partial charge < -0.3 is 15.4 Å². The van der Waals surface area contributed by atoms with Crippen molar-refractivity contribution in [3.05, 3.63) is 23.3 Å². The molecule has 3 fully saturated rings. The summed E-state index contributed by atoms with van der Waals surface area (Å²) in [4.78, 5) is 34.0. The Bertz CT molecular complexity index is 1330. The lowest BCUT2D eigenvalue weighted by Crippen LogP contribution is -2.47. The minimum atomic E-state index is -4.48. The van der Waals surface area contributed by atoms with Crippen molar-refractivity contribution in [2.75, 3.05) is 19.8 Å². The maximum absolute atomic E-state index is 13.9. The molecule has 0 bridgehead atoms. The second-order valence-corrected chi connectivity index (χ2v) is 11.9. The molecule has 3 atom stereocenters. The van der Waals surface area contributed by atoms with E-state index < -0.39 is 79.4 Å². The Kier molecular flexibility index (Phi) is 8.62. The van der Waals surface area contributed by atoms with Crippen LogP contribution in [0.2, 0.25) is 0 Å². The van der Waals surface area contributed by atoms with Crippen LogP contribution in [0.1, 0.15) is 80.9 Å². The SMILES string of the molecule is CC(F)(F)C(=O)N[C@H](c1cn2nc(C[C@H]3C[C@@H](C(F)(F)F)CNC3=O)c(C3CCOCC3)nc2n1)C1CCC(F)(F)CC1. The maximum Gasteiger partial charge on any atom is 0.393 e. The number of hydrogen-bond donors (Lipinski definition) is 2. The summed E-state index contributed by atoms with van der Waals surface area (Å²) < 4.78 is 103. The van der Waals surface area contributed by atoms with Crippen LogP contribution < -0.4 is 10.6 Å². The fraction of sp³-hybridized carbons (Fsp3) is 0.741. The molecular weight excluding hydrogens is 589 g/mol. The van der Waals surface area contributed by atoms with Crippen molar-refractivity contribution in [2.24, 2.45) is 17.8 Å². The summed E-state index contributed by atoms with van der Waals surface area (Å²) in [5, 5.41) is 9.18. The molecular formula is C27H33F7N6O3. The van der Waals surface area contributed by atoms with Crippen molar-refractivity contribution in [2.45, 2.75) is 88.3 Å². The highest BCUT2D eigenvalue weighted by Gasteiger charge is 2.45. The molecule has 0 spiro atoms. The number of nitrogens with one attached hydrogen (secondary N) is 2. The summed E-state index contributed by atoms with van der Waals surface area (Å²) in [5.74, 6) is -12.2. The Morgan fingerprint density at radius 3 is 2.44 bits per heavy atom. The van der Waals surface area contributed by atoms with E-state index in [9.17, 15) is 40.3 Å². The number of halogens is 7. The highest BCUT2D eigenvalue weighted by atomic mass is 19.4. The van der Waals surface area contributed by atoms with Crippen LogP contribution in [-0.4, -0.2) is 69.2 Å². The Morgan fingerprint density at radius 2 is 1.81 bits per heavy atom. The Hall–Kier alpha value is -3.04. The Morgan fingerprint density at radius 1 is 1.14 bits per heavy atom. The fourth-order valence-corrected chi connectivity index (χ4v) is 6.13. The molecule has 0 unspecified atom stereocenters. The molecule has 238 valence electrons. The van der Waals surface area contributed by atoms with Gasteiger partial charge in [0.2, 0.25) is 11.8 Å². The van der Waals surface area contributed by atoms with Crippen LogP contribution in [0, 0.1) is 17.8 Å². The summed E-state index contributed by atoms with van der Waals surface area (Å²) in [7, 11) is 0. The van der Waals surface area contributed by atoms with Crippen LogP contribution in [0.3, 0.4) is 0 Å². The molecule has 2 aliphatic heterocycles. The third kappa shape index (κ3) is 7.20. The van der Waals surface area contributed by atoms with Crippen LogP contribution >= 0.6 is 0 Å². The first-order valence-corrected chi connectivity index (χ1v) is 14.4. The average Bonchev–Trinajstić information content (AvgIpc) is 3.34. The van der Waals surface area contributed by atoms with Gasteiger partial charge in [0.15, 0.2) is 0 Å². The van der Waals surface area contributed by atoms with Gasteiger partial charge in [0.05, 0.1) is 35.2 Å². The lowest BCUT2D eigenvalue weighted by atomic mass is 9.81. The van der Waals surface area contributed by atoms with Crippen LogP contribution in [0.5, 0.6) is 0 Å². The standard InChI is InChI=1S/C27H33F7N6O3/c1-25(28,29)23(42)37-21(14-2-6-26(30,31)7-3-14)19-13-40-24(36-19)38-20(15-4-8-43-9-5-15)18(39-40)11-16-10-17(27(32,33)34)12-35-22(16)41/h13-17,21H,2-12H2,1H3,(H,35,41)(H,37,42)/t16-,17-,21+/m1/s1. The molecule has 2 aromatic rings. The molecule has 2 amide bonds. The van der Waals surface area contributed by atoms with Crippen molar-refractivity contribution < 1.29 is 45.1 Å². The summed E-state index contributed by atoms with van der Waals surface area (Å²) in [6.07, 6.45) is -3.61. The van der Waals surface area contributed by atoms with E-state index in [4.69, 9.17) is 4.74 Å². The minimum absolute atomic E-state index is 0.0439. The maximum atomic E-state index is 13.9. The first-order valence-electron chi connectivity index (χ1n) is 14.4. The number of nitrogens with zero attached hydrogens (tertiary/aromatic N) is 4. The number of ether oxygens (including phenoxy) is 1. The molecule has 1 saturated carbocycles. The van der Waals surface area contributed by atoms with Gasteiger partial charge in [0, 0.05) is 57.8 Å². The van der Waals surface area contributed by atoms with Crippen LogP contribution in [-0.2, 0) is 20.7 Å². The van der Waals surface area contributed by atoms with E-state index in [0.29, 0.717) is 44.4 Å². The van der Waals surface area contributed by atoms with E-state index in [1.165, 1.54) is 10.7 Å². The molecule has 3 aliphatic rings. The number of amides is 2. The lowest BCUT2D eigenvalue weighted by Gasteiger charge is -2.33. The fourth-order valence-electron chi connectivity index (χ4n) is 6.13. The number of alkyl halides is 7. The van der Waals surface area contributed by atoms with E-state index >= 15 is 0 Å². The average molecular weight is 623 g/mol. The first-order chi connectivity index (χ1) is 20.1. The summed E-state index contributed by atoms with van der Waals surface area (Å²) in [6.45, 7) is 0.765. The highest BCUT2D eigenvalue weighted by molar-refractivity contribution is 5.83. The summed E-state index contributed by atoms with van der Waals surface area (Å²) in [5.41, 5.74) is 0.840. The molecule has 5 rings (SSSR count). The molecule has 0 aromatic carbocycles. The van der Waals surface area contributed by atoms with Crippen molar-refractivity contribution in [3.8, 4) is 0 Å². The van der Waals surface area contributed by atoms with Gasteiger partial charge >= 0.3 is 12.1 Å². The predicted molar refractivity (Wildman–Crippen MR) is 136 cm³/mol. The molecule has 0 radical (unpaired) electrons. The predicted octanol–water partition coefficient (Wildman–Crippen LogP) is 4.51. The number of carbonyl (C=O) groups excluding carboxylic acids is 2. The first kappa shape index (κ1) is 31.4. The van der Waals surface area contributed by atoms with Crippen LogP contribution in [0.15, 0.2) is 6.20 Å². The number of piperidine rings is 1. The number of rotatable bonds is 7. The van der Waals surface area contributed by atoms with E-state index in [-0.39, 0.29) is 36.7 Å². The monoisotopic (exact) mass is 622 g/mol. The van der Waals surface area contributed by atoms with Crippen molar-refractivity contribution in [1.29, 1.82) is 0 Å². The van der Waals surface area contributed by atoms with Gasteiger partial charge in [-0.15, -0.1) is 0 Å². The largest absolute Gasteiger partial charge is 0.393 e. The molecule has 2 N–H and O–H groups in total. The molecule has 2 saturated heterocycles. The van der Waals surface area contributed by atoms with E-state index in [2.05, 4.69) is 25.7 Å². The second kappa shape index (κ2) is 11.8. The molecule has 9 nitrogen and oxygen atoms in total. The number of imidazole rings is 1. The number of fused-ring (bicyclic) bond motifs is 1. The number of hydrogen-bond acceptors (Lipinski definition) is 6. The number of aromatic nitrogens is 4. The number of carbonyl (C=O) groups is 2. The van der Waals surface area contributed by atoms with Crippen molar-refractivity contribution in [3.63, 3.8) is 0 Å². The van der Waals surface area contributed by atoms with Crippen LogP contribution in [0.4, 0.5) is 30.7 Å². The second-order valence-electron chi connectivity index (χ2n) is 11.9. The summed E-state index contributed by atoms with van der Waals surface area (Å²) >= 11 is 0. The van der Waals surface area contributed by atoms with Crippen molar-refractivity contribution >= 4 is 17.6 Å². The molecule has 1 aliphatic carbocycles. The highest BCUT2D eigenvalue weighted by Crippen LogP contribution is 2.42. The normalized spacial score (nSPS) is 25.0. The summed E-state index contributed by atoms with van der Waals surface area (Å²) in [6, 6.07) is -1.13. The molecule has 16 heteroatoms. The quantitative estimate of drug-likeness (QED) is 0.440. The topological polar surface area (TPSA) is 111 Å². The third-order valence-electron chi connectivity index (χ3n) is 8.64. The molecule has 4 heterocycles. The van der Waals surface area contributed by atoms with Gasteiger partial charge in [0.1, 0.15) is 0 Å². The van der Waals surface area contributed by atoms with Crippen LogP contribution in [0.25, 0.3) is 5.78 Å². The minimum Gasteiger partial charge on any atom is -0.381 e. The van der Waals surface area contributed by atoms with Gasteiger partial charge in [-0.25, -0.2) is 23.3 Å². The van der Waals surface area contributed by atoms with Gasteiger partial charge in [-0.1, -0.05) is 0 Å². The smallest absolute Gasteiger partial charge is 0.381 e. The zero-order valence-electron chi connectivity index (χ0n) is 23.4. The van der Waals surface area contributed by atoms with E-state index in [1.54, 1.807) is 0 Å². The third-order valence-corrected chi connectivity index (χ3v) is 8.64. The lowest BCUT2D eigenvalue weighted by molar-refractivity contribution is -0.183. The Balaban J connectivity index is 1.51. The zero-order valence-corrected chi connectivity index (χ0v) is 23.4. The molecule has 2 aromatic heterocycles. The zero-order chi connectivity index (χ0) is 31.2. The van der Waals surface area contributed by atoms with Gasteiger partial charge in [-0.2, -0.15) is 27.1 Å². The van der Waals surface area contributed by atoms with Gasteiger partial charge in [0.25, 0.3) is 11.7 Å².